The molecule has 19 heavy (non-hydrogen) atoms. The van der Waals surface area contributed by atoms with Gasteiger partial charge in [0.05, 0.1) is 29.7 Å². The van der Waals surface area contributed by atoms with Gasteiger partial charge in [0.25, 0.3) is 0 Å². The van der Waals surface area contributed by atoms with Crippen molar-refractivity contribution in [1.82, 2.24) is 15.3 Å². The molecule has 2 fully saturated rings. The van der Waals surface area contributed by atoms with E-state index in [0.29, 0.717) is 6.54 Å². The first kappa shape index (κ1) is 12.9. The van der Waals surface area contributed by atoms with Crippen molar-refractivity contribution in [3.05, 3.63) is 23.8 Å². The van der Waals surface area contributed by atoms with Crippen molar-refractivity contribution in [1.29, 1.82) is 0 Å². The van der Waals surface area contributed by atoms with Gasteiger partial charge in [0.1, 0.15) is 0 Å². The van der Waals surface area contributed by atoms with E-state index >= 15 is 0 Å². The van der Waals surface area contributed by atoms with Gasteiger partial charge in [-0.05, 0) is 19.8 Å². The molecular weight excluding hydrogens is 260 g/mol. The fourth-order valence-corrected chi connectivity index (χ4v) is 3.49. The Hall–Kier alpha value is -1.14. The number of ether oxygens (including phenoxy) is 1. The second-order valence-corrected chi connectivity index (χ2v) is 6.04. The summed E-state index contributed by atoms with van der Waals surface area (Å²) in [4.78, 5) is 13.1. The van der Waals surface area contributed by atoms with Gasteiger partial charge >= 0.3 is 0 Å². The molecule has 2 saturated heterocycles. The van der Waals surface area contributed by atoms with E-state index in [0.717, 1.165) is 48.4 Å². The highest BCUT2D eigenvalue weighted by Crippen LogP contribution is 2.31. The van der Waals surface area contributed by atoms with Crippen LogP contribution in [0.3, 0.4) is 0 Å². The zero-order chi connectivity index (χ0) is 13.1. The molecule has 1 aromatic rings. The van der Waals surface area contributed by atoms with E-state index in [1.54, 1.807) is 24.2 Å². The number of nitrogens with one attached hydrogen (secondary N) is 1. The molecule has 0 atom stereocenters. The van der Waals surface area contributed by atoms with Crippen molar-refractivity contribution in [2.45, 2.75) is 31.8 Å². The first-order valence-electron chi connectivity index (χ1n) is 6.57. The number of aromatic nitrogens is 2. The lowest BCUT2D eigenvalue weighted by Crippen LogP contribution is -2.48. The van der Waals surface area contributed by atoms with Gasteiger partial charge in [-0.3, -0.25) is 15.0 Å². The Morgan fingerprint density at radius 1 is 1.37 bits per heavy atom. The monoisotopic (exact) mass is 278 g/mol. The molecule has 3 rings (SSSR count). The number of aliphatic imine (C=N–C) groups is 1. The summed E-state index contributed by atoms with van der Waals surface area (Å²) in [5, 5.41) is 4.60. The molecule has 0 saturated carbocycles. The molecule has 0 radical (unpaired) electrons. The van der Waals surface area contributed by atoms with Crippen LogP contribution < -0.4 is 5.32 Å². The van der Waals surface area contributed by atoms with Gasteiger partial charge in [-0.25, -0.2) is 0 Å². The minimum absolute atomic E-state index is 0.209. The van der Waals surface area contributed by atoms with Gasteiger partial charge in [-0.15, -0.1) is 0 Å². The molecule has 1 aromatic heterocycles. The minimum Gasteiger partial charge on any atom is -0.381 e. The molecule has 0 unspecified atom stereocenters. The fraction of sp³-hybridized carbons (Fsp3) is 0.615. The molecule has 1 spiro atoms. The molecule has 0 amide bonds. The maximum absolute atomic E-state index is 5.42. The average molecular weight is 278 g/mol. The summed E-state index contributed by atoms with van der Waals surface area (Å²) in [7, 11) is 0. The zero-order valence-electron chi connectivity index (χ0n) is 11.1. The normalized spacial score (nSPS) is 23.7. The number of aryl methyl sites for hydroxylation is 1. The Morgan fingerprint density at radius 2 is 2.21 bits per heavy atom. The Morgan fingerprint density at radius 3 is 2.95 bits per heavy atom. The third kappa shape index (κ3) is 3.06. The predicted molar refractivity (Wildman–Crippen MR) is 76.3 cm³/mol. The van der Waals surface area contributed by atoms with Crippen LogP contribution in [0.1, 0.15) is 24.2 Å². The molecule has 2 aliphatic heterocycles. The van der Waals surface area contributed by atoms with E-state index < -0.39 is 0 Å². The summed E-state index contributed by atoms with van der Waals surface area (Å²) in [6, 6.07) is 0. The Bertz CT molecular complexity index is 468. The summed E-state index contributed by atoms with van der Waals surface area (Å²) in [5.41, 5.74) is 2.06. The molecule has 102 valence electrons. The quantitative estimate of drug-likeness (QED) is 0.889. The molecule has 0 bridgehead atoms. The highest BCUT2D eigenvalue weighted by molar-refractivity contribution is 8.14. The standard InChI is InChI=1S/C13H18N4OS/c1-10-6-15-11(7-14-10)8-16-12-17-13(9-19-12)2-4-18-5-3-13/h6-7H,2-5,8-9H2,1H3,(H,16,17). The highest BCUT2D eigenvalue weighted by Gasteiger charge is 2.38. The van der Waals surface area contributed by atoms with Gasteiger partial charge in [-0.2, -0.15) is 0 Å². The molecular formula is C13H18N4OS. The first-order chi connectivity index (χ1) is 9.26. The van der Waals surface area contributed by atoms with Crippen LogP contribution in [0, 0.1) is 6.92 Å². The van der Waals surface area contributed by atoms with Crippen LogP contribution in [0.4, 0.5) is 0 Å². The zero-order valence-corrected chi connectivity index (χ0v) is 11.9. The van der Waals surface area contributed by atoms with Crippen molar-refractivity contribution in [3.8, 4) is 0 Å². The SMILES string of the molecule is Cc1cnc(CN=C2NC3(CCOCC3)CS2)cn1. The number of thioether (sulfide) groups is 1. The number of hydrogen-bond donors (Lipinski definition) is 1. The largest absolute Gasteiger partial charge is 0.381 e. The van der Waals surface area contributed by atoms with Crippen LogP contribution >= 0.6 is 11.8 Å². The number of rotatable bonds is 2. The smallest absolute Gasteiger partial charge is 0.157 e. The van der Waals surface area contributed by atoms with E-state index in [4.69, 9.17) is 4.74 Å². The Balaban J connectivity index is 1.61. The third-order valence-electron chi connectivity index (χ3n) is 3.53. The molecule has 5 nitrogen and oxygen atoms in total. The van der Waals surface area contributed by atoms with Crippen molar-refractivity contribution in [2.24, 2.45) is 4.99 Å². The lowest BCUT2D eigenvalue weighted by atomic mass is 9.93. The molecule has 0 aromatic carbocycles. The van der Waals surface area contributed by atoms with Crippen LogP contribution in [0.15, 0.2) is 17.4 Å². The van der Waals surface area contributed by atoms with E-state index in [1.807, 2.05) is 6.92 Å². The number of nitrogens with zero attached hydrogens (tertiary/aromatic N) is 3. The van der Waals surface area contributed by atoms with Crippen molar-refractivity contribution in [3.63, 3.8) is 0 Å². The van der Waals surface area contributed by atoms with Crippen molar-refractivity contribution >= 4 is 16.9 Å². The number of hydrogen-bond acceptors (Lipinski definition) is 5. The van der Waals surface area contributed by atoms with Gasteiger partial charge < -0.3 is 10.1 Å². The summed E-state index contributed by atoms with van der Waals surface area (Å²) in [6.45, 7) is 4.23. The maximum atomic E-state index is 5.42. The summed E-state index contributed by atoms with van der Waals surface area (Å²) in [6.07, 6.45) is 5.72. The Kier molecular flexibility index (Phi) is 3.70. The minimum atomic E-state index is 0.209. The second kappa shape index (κ2) is 5.46. The number of amidine groups is 1. The van der Waals surface area contributed by atoms with Crippen LogP contribution in [0.2, 0.25) is 0 Å². The van der Waals surface area contributed by atoms with Crippen molar-refractivity contribution in [2.75, 3.05) is 19.0 Å². The predicted octanol–water partition coefficient (Wildman–Crippen LogP) is 1.53. The highest BCUT2D eigenvalue weighted by atomic mass is 32.2. The van der Waals surface area contributed by atoms with Crippen LogP contribution in [-0.4, -0.2) is 39.6 Å². The summed E-state index contributed by atoms with van der Waals surface area (Å²) in [5.74, 6) is 1.09. The second-order valence-electron chi connectivity index (χ2n) is 5.08. The van der Waals surface area contributed by atoms with Gasteiger partial charge in [0.15, 0.2) is 5.17 Å². The summed E-state index contributed by atoms with van der Waals surface area (Å²) < 4.78 is 5.42. The lowest BCUT2D eigenvalue weighted by Gasteiger charge is -2.32. The Labute approximate surface area is 117 Å². The van der Waals surface area contributed by atoms with Crippen LogP contribution in [0.25, 0.3) is 0 Å². The van der Waals surface area contributed by atoms with E-state index in [2.05, 4.69) is 20.3 Å². The molecule has 0 aliphatic carbocycles. The lowest BCUT2D eigenvalue weighted by molar-refractivity contribution is 0.0555. The molecule has 3 heterocycles. The molecule has 2 aliphatic rings. The van der Waals surface area contributed by atoms with Crippen LogP contribution in [-0.2, 0) is 11.3 Å². The third-order valence-corrected chi connectivity index (χ3v) is 4.73. The van der Waals surface area contributed by atoms with E-state index in [9.17, 15) is 0 Å². The van der Waals surface area contributed by atoms with Gasteiger partial charge in [0, 0.05) is 25.2 Å². The fourth-order valence-electron chi connectivity index (χ4n) is 2.28. The first-order valence-corrected chi connectivity index (χ1v) is 7.55. The van der Waals surface area contributed by atoms with E-state index in [-0.39, 0.29) is 5.54 Å². The average Bonchev–Trinajstić information content (AvgIpc) is 2.82. The molecule has 6 heteroatoms. The summed E-state index contributed by atoms with van der Waals surface area (Å²) >= 11 is 1.81. The van der Waals surface area contributed by atoms with Gasteiger partial charge in [0.2, 0.25) is 0 Å². The van der Waals surface area contributed by atoms with E-state index in [1.165, 1.54) is 0 Å². The maximum Gasteiger partial charge on any atom is 0.157 e. The van der Waals surface area contributed by atoms with Crippen LogP contribution in [0.5, 0.6) is 0 Å². The molecule has 1 N–H and O–H groups in total. The topological polar surface area (TPSA) is 59.4 Å². The van der Waals surface area contributed by atoms with Crippen molar-refractivity contribution < 1.29 is 4.74 Å². The van der Waals surface area contributed by atoms with Gasteiger partial charge in [-0.1, -0.05) is 11.8 Å².